The number of nitrogens with one attached hydrogen (secondary N) is 2. The van der Waals surface area contributed by atoms with Crippen molar-refractivity contribution in [3.05, 3.63) is 55.6 Å². The average molecular weight is 479 g/mol. The van der Waals surface area contributed by atoms with Crippen molar-refractivity contribution in [2.75, 3.05) is 30.3 Å². The molecule has 0 spiro atoms. The number of piperidine rings is 1. The summed E-state index contributed by atoms with van der Waals surface area (Å²) < 4.78 is 1.99. The SMILES string of the molecule is CCn1c(=C=C(C#N)C(N)=O)sc(=C=CNc2cccc(NC(=O)CN3CCCCC3)c2)c1=O. The highest BCUT2D eigenvalue weighted by molar-refractivity contribution is 7.07. The maximum Gasteiger partial charge on any atom is 0.277 e. The van der Waals surface area contributed by atoms with Crippen molar-refractivity contribution < 1.29 is 9.59 Å². The molecule has 0 radical (unpaired) electrons. The molecule has 0 saturated carbocycles. The second-order valence-corrected chi connectivity index (χ2v) is 8.66. The van der Waals surface area contributed by atoms with E-state index in [1.54, 1.807) is 19.1 Å². The van der Waals surface area contributed by atoms with Gasteiger partial charge in [0.05, 0.1) is 6.54 Å². The summed E-state index contributed by atoms with van der Waals surface area (Å²) in [7, 11) is 0. The number of primary amides is 1. The van der Waals surface area contributed by atoms with Crippen LogP contribution < -0.4 is 31.1 Å². The lowest BCUT2D eigenvalue weighted by Gasteiger charge is -2.25. The van der Waals surface area contributed by atoms with E-state index in [1.807, 2.05) is 18.2 Å². The van der Waals surface area contributed by atoms with E-state index in [2.05, 4.69) is 27.0 Å². The van der Waals surface area contributed by atoms with Crippen LogP contribution in [0.3, 0.4) is 0 Å². The molecule has 1 fully saturated rings. The van der Waals surface area contributed by atoms with Gasteiger partial charge in [-0.2, -0.15) is 5.26 Å². The van der Waals surface area contributed by atoms with Gasteiger partial charge in [0.25, 0.3) is 11.5 Å². The van der Waals surface area contributed by atoms with Gasteiger partial charge in [-0.25, -0.2) is 0 Å². The van der Waals surface area contributed by atoms with Gasteiger partial charge in [0.15, 0.2) is 5.57 Å². The lowest BCUT2D eigenvalue weighted by molar-refractivity contribution is -0.117. The molecule has 1 aliphatic rings. The molecule has 1 saturated heterocycles. The second kappa shape index (κ2) is 11.8. The monoisotopic (exact) mass is 478 g/mol. The summed E-state index contributed by atoms with van der Waals surface area (Å²) in [5.74, 6) is -0.957. The van der Waals surface area contributed by atoms with Crippen LogP contribution in [0.1, 0.15) is 26.2 Å². The molecule has 10 heteroatoms. The standard InChI is InChI=1S/C24H26N6O3S/c1-2-30-22(13-17(15-25)23(26)32)34-20(24(30)33)9-10-27-18-7-6-8-19(14-18)28-21(31)16-29-11-4-3-5-12-29/h6-8,10,14,27H,2-5,11-12,16H2,1H3,(H2,26,32)(H,28,31). The highest BCUT2D eigenvalue weighted by atomic mass is 32.1. The minimum atomic E-state index is -0.906. The lowest BCUT2D eigenvalue weighted by Crippen LogP contribution is -2.36. The fraction of sp³-hybridized carbons (Fsp3) is 0.333. The number of thiazole rings is 1. The van der Waals surface area contributed by atoms with Crippen molar-refractivity contribution in [1.29, 1.82) is 5.26 Å². The van der Waals surface area contributed by atoms with Gasteiger partial charge in [-0.1, -0.05) is 35.3 Å². The summed E-state index contributed by atoms with van der Waals surface area (Å²) in [6, 6.07) is 8.92. The van der Waals surface area contributed by atoms with Crippen LogP contribution in [0.15, 0.2) is 40.8 Å². The van der Waals surface area contributed by atoms with Crippen LogP contribution in [0.2, 0.25) is 0 Å². The average Bonchev–Trinajstić information content (AvgIpc) is 3.12. The third-order valence-corrected chi connectivity index (χ3v) is 6.21. The van der Waals surface area contributed by atoms with Crippen molar-refractivity contribution in [3.8, 4) is 6.07 Å². The number of aromatic nitrogens is 1. The molecule has 0 unspecified atom stereocenters. The molecule has 3 rings (SSSR count). The highest BCUT2D eigenvalue weighted by Gasteiger charge is 2.13. The number of carbonyl (C=O) groups is 2. The molecule has 0 aliphatic carbocycles. The highest BCUT2D eigenvalue weighted by Crippen LogP contribution is 2.15. The third-order valence-electron chi connectivity index (χ3n) is 5.19. The zero-order valence-electron chi connectivity index (χ0n) is 18.9. The van der Waals surface area contributed by atoms with Crippen LogP contribution in [-0.2, 0) is 16.1 Å². The number of nitriles is 1. The van der Waals surface area contributed by atoms with E-state index in [0.717, 1.165) is 37.3 Å². The molecule has 4 N–H and O–H groups in total. The van der Waals surface area contributed by atoms with E-state index in [-0.39, 0.29) is 21.6 Å². The number of anilines is 2. The summed E-state index contributed by atoms with van der Waals surface area (Å²) in [4.78, 5) is 38.4. The first kappa shape index (κ1) is 24.8. The Kier molecular flexibility index (Phi) is 8.63. The Bertz CT molecular complexity index is 1360. The number of hydrogen-bond acceptors (Lipinski definition) is 7. The first-order valence-electron chi connectivity index (χ1n) is 11.0. The summed E-state index contributed by atoms with van der Waals surface area (Å²) in [6.45, 7) is 4.39. The van der Waals surface area contributed by atoms with Crippen molar-refractivity contribution >= 4 is 46.0 Å². The number of nitrogens with two attached hydrogens (primary N) is 1. The van der Waals surface area contributed by atoms with E-state index < -0.39 is 5.91 Å². The van der Waals surface area contributed by atoms with Gasteiger partial charge in [-0.15, -0.1) is 0 Å². The molecule has 176 valence electrons. The molecular weight excluding hydrogens is 452 g/mol. The first-order valence-corrected chi connectivity index (χ1v) is 11.8. The van der Waals surface area contributed by atoms with Gasteiger partial charge in [-0.3, -0.25) is 23.9 Å². The number of likely N-dealkylation sites (tertiary alicyclic amines) is 1. The van der Waals surface area contributed by atoms with Gasteiger partial charge < -0.3 is 16.4 Å². The predicted molar refractivity (Wildman–Crippen MR) is 132 cm³/mol. The minimum absolute atomic E-state index is 0.0515. The van der Waals surface area contributed by atoms with Crippen LogP contribution in [-0.4, -0.2) is 40.9 Å². The molecule has 0 bridgehead atoms. The van der Waals surface area contributed by atoms with Crippen LogP contribution in [0.4, 0.5) is 11.4 Å². The number of benzene rings is 1. The van der Waals surface area contributed by atoms with Crippen molar-refractivity contribution in [2.45, 2.75) is 32.7 Å². The Hall–Kier alpha value is -3.86. The van der Waals surface area contributed by atoms with Gasteiger partial charge in [0.2, 0.25) is 5.91 Å². The number of amides is 2. The van der Waals surface area contributed by atoms with Crippen LogP contribution in [0, 0.1) is 11.3 Å². The van der Waals surface area contributed by atoms with E-state index in [0.29, 0.717) is 29.1 Å². The molecule has 1 aliphatic heterocycles. The molecule has 2 heterocycles. The molecule has 1 aromatic heterocycles. The quantitative estimate of drug-likeness (QED) is 0.396. The Morgan fingerprint density at radius 2 is 1.97 bits per heavy atom. The van der Waals surface area contributed by atoms with E-state index in [9.17, 15) is 14.4 Å². The van der Waals surface area contributed by atoms with Crippen molar-refractivity contribution in [3.63, 3.8) is 0 Å². The van der Waals surface area contributed by atoms with E-state index in [1.165, 1.54) is 17.2 Å². The number of rotatable bonds is 7. The summed E-state index contributed by atoms with van der Waals surface area (Å²) in [5, 5.41) is 15.0. The maximum atomic E-state index is 12.6. The van der Waals surface area contributed by atoms with Gasteiger partial charge in [0.1, 0.15) is 15.3 Å². The molecule has 2 aromatic rings. The Labute approximate surface area is 200 Å². The van der Waals surface area contributed by atoms with Gasteiger partial charge >= 0.3 is 0 Å². The Morgan fingerprint density at radius 1 is 1.24 bits per heavy atom. The van der Waals surface area contributed by atoms with E-state index >= 15 is 0 Å². The fourth-order valence-corrected chi connectivity index (χ4v) is 4.51. The first-order chi connectivity index (χ1) is 16.4. The largest absolute Gasteiger partial charge is 0.364 e. The second-order valence-electron chi connectivity index (χ2n) is 7.66. The molecule has 0 atom stereocenters. The summed E-state index contributed by atoms with van der Waals surface area (Å²) in [6.07, 6.45) is 4.97. The van der Waals surface area contributed by atoms with Gasteiger partial charge in [-0.05, 0) is 51.1 Å². The molecule has 2 amide bonds. The van der Waals surface area contributed by atoms with E-state index in [4.69, 9.17) is 11.0 Å². The summed E-state index contributed by atoms with van der Waals surface area (Å²) >= 11 is 1.05. The fourth-order valence-electron chi connectivity index (χ4n) is 3.53. The van der Waals surface area contributed by atoms with Crippen LogP contribution >= 0.6 is 11.3 Å². The van der Waals surface area contributed by atoms with Gasteiger partial charge in [0, 0.05) is 24.1 Å². The third kappa shape index (κ3) is 6.58. The molecule has 34 heavy (non-hydrogen) atoms. The van der Waals surface area contributed by atoms with Crippen molar-refractivity contribution in [2.24, 2.45) is 5.73 Å². The number of carbonyl (C=O) groups excluding carboxylic acids is 2. The molecular formula is C24H26N6O3S. The zero-order valence-corrected chi connectivity index (χ0v) is 19.7. The minimum Gasteiger partial charge on any atom is -0.364 e. The zero-order chi connectivity index (χ0) is 24.5. The summed E-state index contributed by atoms with van der Waals surface area (Å²) in [5.41, 5.74) is 11.4. The number of hydrogen-bond donors (Lipinski definition) is 3. The predicted octanol–water partition coefficient (Wildman–Crippen LogP) is 0.674. The topological polar surface area (TPSA) is 133 Å². The maximum absolute atomic E-state index is 12.6. The normalized spacial score (nSPS) is 13.2. The van der Waals surface area contributed by atoms with Crippen LogP contribution in [0.5, 0.6) is 0 Å². The smallest absolute Gasteiger partial charge is 0.277 e. The number of nitrogens with zero attached hydrogens (tertiary/aromatic N) is 3. The Morgan fingerprint density at radius 3 is 2.65 bits per heavy atom. The molecule has 1 aromatic carbocycles. The lowest BCUT2D eigenvalue weighted by atomic mass is 10.1. The Balaban J connectivity index is 1.79. The van der Waals surface area contributed by atoms with Crippen molar-refractivity contribution in [1.82, 2.24) is 9.47 Å². The van der Waals surface area contributed by atoms with Crippen LogP contribution in [0.25, 0.3) is 11.5 Å². The molecule has 9 nitrogen and oxygen atoms in total.